The molecule has 0 saturated carbocycles. The lowest BCUT2D eigenvalue weighted by molar-refractivity contribution is -0.137. The number of methoxy groups -OCH3 is 1. The van der Waals surface area contributed by atoms with Crippen LogP contribution in [-0.2, 0) is 9.53 Å². The lowest BCUT2D eigenvalue weighted by Gasteiger charge is -2.20. The molecule has 0 radical (unpaired) electrons. The van der Waals surface area contributed by atoms with Crippen LogP contribution in [0.3, 0.4) is 0 Å². The number of carbonyl (C=O) groups excluding carboxylic acids is 1. The molecule has 0 aliphatic heterocycles. The molecule has 0 atom stereocenters. The topological polar surface area (TPSA) is 66.8 Å². The van der Waals surface area contributed by atoms with E-state index in [2.05, 4.69) is 0 Å². The number of hydrogen-bond acceptors (Lipinski definition) is 3. The van der Waals surface area contributed by atoms with Gasteiger partial charge in [0.25, 0.3) is 5.91 Å². The zero-order valence-electron chi connectivity index (χ0n) is 10.2. The molecular formula is C12H13ClFNO4. The quantitative estimate of drug-likeness (QED) is 0.865. The van der Waals surface area contributed by atoms with Gasteiger partial charge in [-0.1, -0.05) is 11.6 Å². The third kappa shape index (κ3) is 4.50. The number of benzene rings is 1. The molecule has 19 heavy (non-hydrogen) atoms. The van der Waals surface area contributed by atoms with Gasteiger partial charge in [-0.05, 0) is 18.2 Å². The molecule has 1 amide bonds. The molecule has 1 aromatic carbocycles. The molecule has 7 heteroatoms. The standard InChI is InChI=1S/C12H13ClFNO4/c1-19-5-4-15(7-11(16)17)12(18)9-3-2-8(14)6-10(9)13/h2-3,6H,4-5,7H2,1H3,(H,16,17). The molecule has 5 nitrogen and oxygen atoms in total. The predicted octanol–water partition coefficient (Wildman–Crippen LogP) is 1.65. The number of nitrogens with zero attached hydrogens (tertiary/aromatic N) is 1. The Labute approximate surface area is 114 Å². The fraction of sp³-hybridized carbons (Fsp3) is 0.333. The Morgan fingerprint density at radius 1 is 1.47 bits per heavy atom. The van der Waals surface area contributed by atoms with Gasteiger partial charge in [0.1, 0.15) is 12.4 Å². The first-order chi connectivity index (χ1) is 8.95. The summed E-state index contributed by atoms with van der Waals surface area (Å²) >= 11 is 5.77. The van der Waals surface area contributed by atoms with Crippen molar-refractivity contribution in [1.82, 2.24) is 4.90 Å². The smallest absolute Gasteiger partial charge is 0.323 e. The number of carboxylic acid groups (broad SMARTS) is 1. The number of amides is 1. The van der Waals surface area contributed by atoms with Crippen LogP contribution in [0.5, 0.6) is 0 Å². The lowest BCUT2D eigenvalue weighted by atomic mass is 10.2. The van der Waals surface area contributed by atoms with Crippen molar-refractivity contribution in [1.29, 1.82) is 0 Å². The van der Waals surface area contributed by atoms with E-state index in [9.17, 15) is 14.0 Å². The van der Waals surface area contributed by atoms with Crippen LogP contribution in [0.2, 0.25) is 5.02 Å². The summed E-state index contributed by atoms with van der Waals surface area (Å²) < 4.78 is 17.7. The second-order valence-corrected chi connectivity index (χ2v) is 4.14. The van der Waals surface area contributed by atoms with Crippen molar-refractivity contribution in [3.05, 3.63) is 34.6 Å². The van der Waals surface area contributed by atoms with Crippen molar-refractivity contribution in [2.75, 3.05) is 26.8 Å². The van der Waals surface area contributed by atoms with Crippen LogP contribution in [0.25, 0.3) is 0 Å². The Kier molecular flexibility index (Phi) is 5.72. The summed E-state index contributed by atoms with van der Waals surface area (Å²) in [6.45, 7) is -0.178. The molecule has 0 fully saturated rings. The minimum absolute atomic E-state index is 0.0559. The summed E-state index contributed by atoms with van der Waals surface area (Å²) in [4.78, 5) is 23.9. The van der Waals surface area contributed by atoms with Gasteiger partial charge in [0.2, 0.25) is 0 Å². The average Bonchev–Trinajstić information content (AvgIpc) is 2.33. The van der Waals surface area contributed by atoms with Crippen molar-refractivity contribution in [2.45, 2.75) is 0 Å². The second-order valence-electron chi connectivity index (χ2n) is 3.74. The Morgan fingerprint density at radius 2 is 2.16 bits per heavy atom. The first-order valence-electron chi connectivity index (χ1n) is 5.40. The van der Waals surface area contributed by atoms with Crippen molar-refractivity contribution in [3.63, 3.8) is 0 Å². The minimum Gasteiger partial charge on any atom is -0.480 e. The molecule has 0 spiro atoms. The van der Waals surface area contributed by atoms with Gasteiger partial charge in [0.05, 0.1) is 17.2 Å². The molecule has 0 aromatic heterocycles. The summed E-state index contributed by atoms with van der Waals surface area (Å²) in [7, 11) is 1.44. The van der Waals surface area contributed by atoms with Gasteiger partial charge in [-0.25, -0.2) is 4.39 Å². The van der Waals surface area contributed by atoms with Crippen LogP contribution in [0.15, 0.2) is 18.2 Å². The van der Waals surface area contributed by atoms with Crippen molar-refractivity contribution in [2.24, 2.45) is 0 Å². The summed E-state index contributed by atoms with van der Waals surface area (Å²) in [5, 5.41) is 8.71. The summed E-state index contributed by atoms with van der Waals surface area (Å²) in [6.07, 6.45) is 0. The highest BCUT2D eigenvalue weighted by molar-refractivity contribution is 6.33. The summed E-state index contributed by atoms with van der Waals surface area (Å²) in [5.74, 6) is -2.30. The van der Waals surface area contributed by atoms with Gasteiger partial charge in [-0.15, -0.1) is 0 Å². The maximum atomic E-state index is 12.9. The molecular weight excluding hydrogens is 277 g/mol. The molecule has 0 bridgehead atoms. The molecule has 1 aromatic rings. The third-order valence-electron chi connectivity index (χ3n) is 2.34. The lowest BCUT2D eigenvalue weighted by Crippen LogP contribution is -2.38. The number of carbonyl (C=O) groups is 2. The molecule has 0 unspecified atom stereocenters. The number of halogens is 2. The number of ether oxygens (including phenoxy) is 1. The summed E-state index contributed by atoms with van der Waals surface area (Å²) in [6, 6.07) is 3.32. The van der Waals surface area contributed by atoms with Crippen LogP contribution in [0.4, 0.5) is 4.39 Å². The largest absolute Gasteiger partial charge is 0.480 e. The van der Waals surface area contributed by atoms with Gasteiger partial charge in [0.15, 0.2) is 0 Å². The maximum absolute atomic E-state index is 12.9. The van der Waals surface area contributed by atoms with Crippen molar-refractivity contribution < 1.29 is 23.8 Å². The van der Waals surface area contributed by atoms with E-state index < -0.39 is 24.2 Å². The molecule has 0 aliphatic carbocycles. The highest BCUT2D eigenvalue weighted by atomic mass is 35.5. The van der Waals surface area contributed by atoms with Crippen molar-refractivity contribution >= 4 is 23.5 Å². The Bertz CT molecular complexity index is 481. The fourth-order valence-corrected chi connectivity index (χ4v) is 1.70. The van der Waals surface area contributed by atoms with Crippen LogP contribution >= 0.6 is 11.6 Å². The molecule has 1 N–H and O–H groups in total. The zero-order valence-corrected chi connectivity index (χ0v) is 11.0. The predicted molar refractivity (Wildman–Crippen MR) is 66.8 cm³/mol. The second kappa shape index (κ2) is 7.06. The monoisotopic (exact) mass is 289 g/mol. The van der Waals surface area contributed by atoms with E-state index in [1.807, 2.05) is 0 Å². The van der Waals surface area contributed by atoms with Crippen LogP contribution in [-0.4, -0.2) is 48.7 Å². The van der Waals surface area contributed by atoms with E-state index in [0.717, 1.165) is 17.0 Å². The molecule has 1 rings (SSSR count). The van der Waals surface area contributed by atoms with Gasteiger partial charge in [-0.3, -0.25) is 9.59 Å². The van der Waals surface area contributed by atoms with E-state index in [-0.39, 0.29) is 23.7 Å². The highest BCUT2D eigenvalue weighted by Crippen LogP contribution is 2.19. The van der Waals surface area contributed by atoms with E-state index in [1.165, 1.54) is 13.2 Å². The van der Waals surface area contributed by atoms with E-state index in [4.69, 9.17) is 21.4 Å². The number of hydrogen-bond donors (Lipinski definition) is 1. The zero-order chi connectivity index (χ0) is 14.4. The van der Waals surface area contributed by atoms with Gasteiger partial charge < -0.3 is 14.7 Å². The SMILES string of the molecule is COCCN(CC(=O)O)C(=O)c1ccc(F)cc1Cl. The summed E-state index contributed by atoms with van der Waals surface area (Å²) in [5.41, 5.74) is 0.0559. The average molecular weight is 290 g/mol. The number of carboxylic acids is 1. The van der Waals surface area contributed by atoms with Crippen LogP contribution < -0.4 is 0 Å². The van der Waals surface area contributed by atoms with E-state index in [1.54, 1.807) is 0 Å². The van der Waals surface area contributed by atoms with Gasteiger partial charge >= 0.3 is 5.97 Å². The Balaban J connectivity index is 2.93. The first-order valence-corrected chi connectivity index (χ1v) is 5.78. The molecule has 0 saturated heterocycles. The third-order valence-corrected chi connectivity index (χ3v) is 2.65. The van der Waals surface area contributed by atoms with Crippen LogP contribution in [0, 0.1) is 5.82 Å². The van der Waals surface area contributed by atoms with E-state index in [0.29, 0.717) is 0 Å². The first kappa shape index (κ1) is 15.4. The molecule has 0 aliphatic rings. The Morgan fingerprint density at radius 3 is 2.68 bits per heavy atom. The van der Waals surface area contributed by atoms with Gasteiger partial charge in [0, 0.05) is 13.7 Å². The molecule has 104 valence electrons. The normalized spacial score (nSPS) is 10.3. The van der Waals surface area contributed by atoms with Crippen molar-refractivity contribution in [3.8, 4) is 0 Å². The minimum atomic E-state index is -1.15. The molecule has 0 heterocycles. The Hall–Kier alpha value is -1.66. The van der Waals surface area contributed by atoms with Gasteiger partial charge in [-0.2, -0.15) is 0 Å². The fourth-order valence-electron chi connectivity index (χ4n) is 1.45. The number of rotatable bonds is 6. The van der Waals surface area contributed by atoms with E-state index >= 15 is 0 Å². The maximum Gasteiger partial charge on any atom is 0.323 e. The highest BCUT2D eigenvalue weighted by Gasteiger charge is 2.20. The number of aliphatic carboxylic acids is 1. The van der Waals surface area contributed by atoms with Crippen LogP contribution in [0.1, 0.15) is 10.4 Å².